The molecule has 32 heavy (non-hydrogen) atoms. The molecule has 0 amide bonds. The Morgan fingerprint density at radius 1 is 1.03 bits per heavy atom. The van der Waals surface area contributed by atoms with E-state index in [1.165, 1.54) is 4.88 Å². The molecular formula is C23H27N7OS. The van der Waals surface area contributed by atoms with E-state index in [1.54, 1.807) is 11.3 Å². The highest BCUT2D eigenvalue weighted by Crippen LogP contribution is 2.35. The first kappa shape index (κ1) is 20.0. The van der Waals surface area contributed by atoms with Crippen molar-refractivity contribution >= 4 is 38.3 Å². The van der Waals surface area contributed by atoms with Crippen LogP contribution in [0, 0.1) is 0 Å². The van der Waals surface area contributed by atoms with Gasteiger partial charge in [0.2, 0.25) is 0 Å². The third-order valence-corrected chi connectivity index (χ3v) is 7.45. The lowest BCUT2D eigenvalue weighted by atomic mass is 10.1. The number of aromatic nitrogens is 4. The number of benzene rings is 1. The van der Waals surface area contributed by atoms with E-state index in [1.807, 2.05) is 18.3 Å². The lowest BCUT2D eigenvalue weighted by Crippen LogP contribution is -2.43. The number of H-pyrrole nitrogens is 1. The van der Waals surface area contributed by atoms with Crippen molar-refractivity contribution in [1.82, 2.24) is 30.0 Å². The summed E-state index contributed by atoms with van der Waals surface area (Å²) in [6.45, 7) is 8.62. The molecule has 8 nitrogen and oxygen atoms in total. The summed E-state index contributed by atoms with van der Waals surface area (Å²) >= 11 is 1.80. The fourth-order valence-electron chi connectivity index (χ4n) is 4.56. The van der Waals surface area contributed by atoms with Gasteiger partial charge in [-0.2, -0.15) is 5.10 Å². The number of hydrogen-bond donors (Lipinski definition) is 1. The maximum Gasteiger partial charge on any atom is 0.163 e. The first-order chi connectivity index (χ1) is 15.7. The molecule has 1 aromatic carbocycles. The number of aromatic amines is 1. The Kier molecular flexibility index (Phi) is 5.26. The number of piperazine rings is 1. The predicted molar refractivity (Wildman–Crippen MR) is 128 cm³/mol. The van der Waals surface area contributed by atoms with Gasteiger partial charge >= 0.3 is 0 Å². The minimum atomic E-state index is 0.733. The molecule has 2 aliphatic rings. The summed E-state index contributed by atoms with van der Waals surface area (Å²) in [6, 6.07) is 8.46. The number of fused-ring (bicyclic) bond motifs is 2. The molecule has 0 aliphatic carbocycles. The van der Waals surface area contributed by atoms with E-state index in [4.69, 9.17) is 14.7 Å². The zero-order chi connectivity index (χ0) is 21.5. The smallest absolute Gasteiger partial charge is 0.163 e. The topological polar surface area (TPSA) is 73.4 Å². The summed E-state index contributed by atoms with van der Waals surface area (Å²) in [5.41, 5.74) is 2.02. The van der Waals surface area contributed by atoms with Crippen LogP contribution >= 0.6 is 11.3 Å². The van der Waals surface area contributed by atoms with Crippen LogP contribution in [0.4, 0.5) is 5.82 Å². The zero-order valence-corrected chi connectivity index (χ0v) is 19.1. The van der Waals surface area contributed by atoms with Crippen molar-refractivity contribution in [3.8, 4) is 11.4 Å². The van der Waals surface area contributed by atoms with Crippen LogP contribution in [0.5, 0.6) is 0 Å². The Bertz CT molecular complexity index is 1240. The third kappa shape index (κ3) is 3.75. The predicted octanol–water partition coefficient (Wildman–Crippen LogP) is 2.82. The summed E-state index contributed by atoms with van der Waals surface area (Å²) < 4.78 is 5.60. The monoisotopic (exact) mass is 449 g/mol. The fraction of sp³-hybridized carbons (Fsp3) is 0.435. The van der Waals surface area contributed by atoms with Crippen LogP contribution < -0.4 is 4.90 Å². The van der Waals surface area contributed by atoms with Crippen LogP contribution in [0.25, 0.3) is 32.5 Å². The van der Waals surface area contributed by atoms with Crippen molar-refractivity contribution in [3.63, 3.8) is 0 Å². The van der Waals surface area contributed by atoms with E-state index >= 15 is 0 Å². The Labute approximate surface area is 190 Å². The molecule has 0 atom stereocenters. The van der Waals surface area contributed by atoms with Gasteiger partial charge in [0.25, 0.3) is 0 Å². The van der Waals surface area contributed by atoms with Gasteiger partial charge in [-0.05, 0) is 19.2 Å². The average molecular weight is 450 g/mol. The third-order valence-electron chi connectivity index (χ3n) is 6.44. The van der Waals surface area contributed by atoms with E-state index < -0.39 is 0 Å². The van der Waals surface area contributed by atoms with Crippen LogP contribution in [0.3, 0.4) is 0 Å². The van der Waals surface area contributed by atoms with E-state index in [0.717, 1.165) is 97.4 Å². The number of nitrogens with one attached hydrogen (secondary N) is 1. The second kappa shape index (κ2) is 8.40. The normalized spacial score (nSPS) is 18.7. The molecular weight excluding hydrogens is 422 g/mol. The number of thiophene rings is 1. The van der Waals surface area contributed by atoms with Gasteiger partial charge in [0.1, 0.15) is 10.6 Å². The molecule has 4 aromatic rings. The molecule has 2 fully saturated rings. The minimum absolute atomic E-state index is 0.733. The van der Waals surface area contributed by atoms with Crippen molar-refractivity contribution < 1.29 is 4.74 Å². The van der Waals surface area contributed by atoms with Gasteiger partial charge in [-0.1, -0.05) is 12.1 Å². The number of rotatable bonds is 4. The first-order valence-corrected chi connectivity index (χ1v) is 12.0. The van der Waals surface area contributed by atoms with E-state index in [-0.39, 0.29) is 0 Å². The Morgan fingerprint density at radius 2 is 1.88 bits per heavy atom. The van der Waals surface area contributed by atoms with Gasteiger partial charge in [-0.25, -0.2) is 9.97 Å². The lowest BCUT2D eigenvalue weighted by molar-refractivity contribution is 0.122. The van der Waals surface area contributed by atoms with Gasteiger partial charge in [0.15, 0.2) is 5.82 Å². The van der Waals surface area contributed by atoms with Crippen LogP contribution in [-0.2, 0) is 11.3 Å². The van der Waals surface area contributed by atoms with Crippen molar-refractivity contribution in [2.75, 3.05) is 64.4 Å². The zero-order valence-electron chi connectivity index (χ0n) is 18.3. The molecule has 2 saturated heterocycles. The maximum atomic E-state index is 5.60. The summed E-state index contributed by atoms with van der Waals surface area (Å²) in [5.74, 6) is 1.79. The molecule has 9 heteroatoms. The van der Waals surface area contributed by atoms with E-state index in [0.29, 0.717) is 0 Å². The van der Waals surface area contributed by atoms with E-state index in [2.05, 4.69) is 44.1 Å². The molecule has 2 aliphatic heterocycles. The van der Waals surface area contributed by atoms with Crippen molar-refractivity contribution in [1.29, 1.82) is 0 Å². The second-order valence-corrected chi connectivity index (χ2v) is 9.73. The molecule has 1 N–H and O–H groups in total. The molecule has 3 aromatic heterocycles. The second-order valence-electron chi connectivity index (χ2n) is 8.62. The molecule has 166 valence electrons. The van der Waals surface area contributed by atoms with Crippen molar-refractivity contribution in [2.24, 2.45) is 0 Å². The van der Waals surface area contributed by atoms with Crippen LogP contribution in [0.15, 0.2) is 30.5 Å². The Balaban J connectivity index is 1.43. The van der Waals surface area contributed by atoms with Gasteiger partial charge in [0, 0.05) is 61.6 Å². The molecule has 0 bridgehead atoms. The quantitative estimate of drug-likeness (QED) is 0.514. The first-order valence-electron chi connectivity index (χ1n) is 11.2. The van der Waals surface area contributed by atoms with Gasteiger partial charge in [-0.3, -0.25) is 10.00 Å². The van der Waals surface area contributed by atoms with E-state index in [9.17, 15) is 0 Å². The highest BCUT2D eigenvalue weighted by atomic mass is 32.1. The van der Waals surface area contributed by atoms with Crippen molar-refractivity contribution in [3.05, 3.63) is 35.3 Å². The fourth-order valence-corrected chi connectivity index (χ4v) is 5.62. The molecule has 0 saturated carbocycles. The summed E-state index contributed by atoms with van der Waals surface area (Å²) in [6.07, 6.45) is 1.86. The molecule has 0 unspecified atom stereocenters. The maximum absolute atomic E-state index is 5.60. The SMILES string of the molecule is CN1CCN(Cc2cc3c(N4CCOCC4)nc(-c4cccc5[nH]ncc45)nc3s2)CC1. The molecule has 5 heterocycles. The van der Waals surface area contributed by atoms with Crippen LogP contribution in [0.2, 0.25) is 0 Å². The molecule has 0 spiro atoms. The minimum Gasteiger partial charge on any atom is -0.378 e. The van der Waals surface area contributed by atoms with Crippen LogP contribution in [-0.4, -0.2) is 89.5 Å². The Hall–Kier alpha value is -2.59. The summed E-state index contributed by atoms with van der Waals surface area (Å²) in [4.78, 5) is 19.8. The number of anilines is 1. The highest BCUT2D eigenvalue weighted by Gasteiger charge is 2.22. The van der Waals surface area contributed by atoms with Crippen molar-refractivity contribution in [2.45, 2.75) is 6.54 Å². The average Bonchev–Trinajstić information content (AvgIpc) is 3.47. The molecule has 6 rings (SSSR count). The number of likely N-dealkylation sites (N-methyl/N-ethyl adjacent to an activating group) is 1. The standard InChI is InChI=1S/C23H27N7OS/c1-28-5-7-29(8-6-28)15-16-13-18-22(30-9-11-31-12-10-30)25-21(26-23(18)32-16)17-3-2-4-20-19(17)14-24-27-20/h2-4,13-14H,5-12,15H2,1H3,(H,24,27). The number of hydrogen-bond acceptors (Lipinski definition) is 8. The summed E-state index contributed by atoms with van der Waals surface area (Å²) in [5, 5.41) is 9.49. The Morgan fingerprint density at radius 3 is 2.72 bits per heavy atom. The van der Waals surface area contributed by atoms with Gasteiger partial charge in [-0.15, -0.1) is 11.3 Å². The number of nitrogens with zero attached hydrogens (tertiary/aromatic N) is 6. The van der Waals surface area contributed by atoms with Gasteiger partial charge < -0.3 is 14.5 Å². The number of ether oxygens (including phenoxy) is 1. The van der Waals surface area contributed by atoms with Crippen LogP contribution in [0.1, 0.15) is 4.88 Å². The highest BCUT2D eigenvalue weighted by molar-refractivity contribution is 7.18. The molecule has 0 radical (unpaired) electrons. The lowest BCUT2D eigenvalue weighted by Gasteiger charge is -2.31. The largest absolute Gasteiger partial charge is 0.378 e. The number of morpholine rings is 1. The summed E-state index contributed by atoms with van der Waals surface area (Å²) in [7, 11) is 2.20. The van der Waals surface area contributed by atoms with Gasteiger partial charge in [0.05, 0.1) is 30.3 Å².